The second-order valence-electron chi connectivity index (χ2n) is 6.00. The lowest BCUT2D eigenvalue weighted by Gasteiger charge is -2.22. The van der Waals surface area contributed by atoms with Crippen LogP contribution in [-0.4, -0.2) is 30.7 Å². The number of hydrogen-bond acceptors (Lipinski definition) is 5. The SMILES string of the molecule is CCNc1cc(N(C)c2nc(C(F)(F)F)nc3ccc(F)cc23)ccc1OC. The van der Waals surface area contributed by atoms with Crippen LogP contribution in [0.1, 0.15) is 12.7 Å². The molecule has 0 atom stereocenters. The zero-order valence-electron chi connectivity index (χ0n) is 15.4. The first kappa shape index (κ1) is 19.7. The van der Waals surface area contributed by atoms with Gasteiger partial charge in [-0.3, -0.25) is 0 Å². The van der Waals surface area contributed by atoms with Crippen molar-refractivity contribution in [1.29, 1.82) is 0 Å². The highest BCUT2D eigenvalue weighted by molar-refractivity contribution is 5.92. The topological polar surface area (TPSA) is 50.3 Å². The van der Waals surface area contributed by atoms with Gasteiger partial charge in [-0.2, -0.15) is 13.2 Å². The van der Waals surface area contributed by atoms with Gasteiger partial charge >= 0.3 is 6.18 Å². The molecule has 0 saturated heterocycles. The van der Waals surface area contributed by atoms with Crippen molar-refractivity contribution in [2.75, 3.05) is 30.9 Å². The summed E-state index contributed by atoms with van der Waals surface area (Å²) in [5.74, 6) is -1.33. The fourth-order valence-corrected chi connectivity index (χ4v) is 2.82. The van der Waals surface area contributed by atoms with E-state index in [-0.39, 0.29) is 16.7 Å². The summed E-state index contributed by atoms with van der Waals surface area (Å²) in [7, 11) is 3.08. The lowest BCUT2D eigenvalue weighted by atomic mass is 10.2. The summed E-state index contributed by atoms with van der Waals surface area (Å²) in [4.78, 5) is 8.67. The molecule has 0 aliphatic carbocycles. The summed E-state index contributed by atoms with van der Waals surface area (Å²) in [5.41, 5.74) is 1.23. The van der Waals surface area contributed by atoms with E-state index in [2.05, 4.69) is 15.3 Å². The number of nitrogens with zero attached hydrogens (tertiary/aromatic N) is 3. The number of methoxy groups -OCH3 is 1. The molecular formula is C19H18F4N4O. The van der Waals surface area contributed by atoms with E-state index in [9.17, 15) is 17.6 Å². The van der Waals surface area contributed by atoms with E-state index in [0.717, 1.165) is 12.1 Å². The normalized spacial score (nSPS) is 11.5. The van der Waals surface area contributed by atoms with Crippen molar-refractivity contribution in [1.82, 2.24) is 9.97 Å². The molecule has 0 aliphatic heterocycles. The Morgan fingerprint density at radius 1 is 1.11 bits per heavy atom. The standard InChI is InChI=1S/C19H18F4N4O/c1-4-24-15-10-12(6-8-16(15)28-3)27(2)17-13-9-11(20)5-7-14(13)25-18(26-17)19(21,22)23/h5-10,24H,4H2,1-3H3. The Bertz CT molecular complexity index is 1010. The van der Waals surface area contributed by atoms with Gasteiger partial charge in [0.25, 0.3) is 0 Å². The average molecular weight is 394 g/mol. The number of ether oxygens (including phenoxy) is 1. The maximum absolute atomic E-state index is 13.8. The van der Waals surface area contributed by atoms with E-state index in [1.807, 2.05) is 6.92 Å². The van der Waals surface area contributed by atoms with Gasteiger partial charge in [-0.15, -0.1) is 0 Å². The third kappa shape index (κ3) is 3.78. The van der Waals surface area contributed by atoms with Gasteiger partial charge in [0.15, 0.2) is 0 Å². The molecule has 0 aliphatic rings. The molecule has 1 aromatic heterocycles. The van der Waals surface area contributed by atoms with Crippen molar-refractivity contribution in [3.05, 3.63) is 48.0 Å². The van der Waals surface area contributed by atoms with Crippen molar-refractivity contribution < 1.29 is 22.3 Å². The maximum Gasteiger partial charge on any atom is 0.451 e. The summed E-state index contributed by atoms with van der Waals surface area (Å²) < 4.78 is 58.8. The van der Waals surface area contributed by atoms with Crippen LogP contribution in [0.25, 0.3) is 10.9 Å². The number of rotatable bonds is 5. The highest BCUT2D eigenvalue weighted by Crippen LogP contribution is 2.36. The number of anilines is 3. The fourth-order valence-electron chi connectivity index (χ4n) is 2.82. The molecule has 0 amide bonds. The first-order valence-corrected chi connectivity index (χ1v) is 8.44. The molecule has 3 rings (SSSR count). The molecular weight excluding hydrogens is 376 g/mol. The van der Waals surface area contributed by atoms with Crippen LogP contribution in [0.3, 0.4) is 0 Å². The van der Waals surface area contributed by atoms with E-state index in [1.165, 1.54) is 18.1 Å². The number of hydrogen-bond donors (Lipinski definition) is 1. The Balaban J connectivity index is 2.19. The van der Waals surface area contributed by atoms with Gasteiger partial charge in [0.2, 0.25) is 5.82 Å². The molecule has 0 fully saturated rings. The van der Waals surface area contributed by atoms with Crippen LogP contribution in [0.2, 0.25) is 0 Å². The second-order valence-corrected chi connectivity index (χ2v) is 6.00. The van der Waals surface area contributed by atoms with E-state index in [1.54, 1.807) is 25.2 Å². The van der Waals surface area contributed by atoms with Gasteiger partial charge in [0.1, 0.15) is 17.4 Å². The summed E-state index contributed by atoms with van der Waals surface area (Å²) in [5, 5.41) is 3.31. The van der Waals surface area contributed by atoms with Crippen molar-refractivity contribution in [3.63, 3.8) is 0 Å². The Morgan fingerprint density at radius 3 is 2.50 bits per heavy atom. The molecule has 148 valence electrons. The molecule has 3 aromatic rings. The van der Waals surface area contributed by atoms with Crippen LogP contribution in [-0.2, 0) is 6.18 Å². The third-order valence-electron chi connectivity index (χ3n) is 4.15. The van der Waals surface area contributed by atoms with Gasteiger partial charge < -0.3 is 15.0 Å². The van der Waals surface area contributed by atoms with E-state index in [4.69, 9.17) is 4.74 Å². The molecule has 0 bridgehead atoms. The van der Waals surface area contributed by atoms with Crippen LogP contribution in [0.15, 0.2) is 36.4 Å². The van der Waals surface area contributed by atoms with Crippen molar-refractivity contribution in [2.45, 2.75) is 13.1 Å². The summed E-state index contributed by atoms with van der Waals surface area (Å²) in [6, 6.07) is 8.49. The van der Waals surface area contributed by atoms with Crippen molar-refractivity contribution in [3.8, 4) is 5.75 Å². The molecule has 0 radical (unpaired) electrons. The molecule has 5 nitrogen and oxygen atoms in total. The third-order valence-corrected chi connectivity index (χ3v) is 4.15. The summed E-state index contributed by atoms with van der Waals surface area (Å²) in [6.07, 6.45) is -4.73. The van der Waals surface area contributed by atoms with Crippen LogP contribution in [0.4, 0.5) is 34.8 Å². The van der Waals surface area contributed by atoms with Gasteiger partial charge in [0.05, 0.1) is 18.3 Å². The largest absolute Gasteiger partial charge is 0.495 e. The Morgan fingerprint density at radius 2 is 1.86 bits per heavy atom. The fraction of sp³-hybridized carbons (Fsp3) is 0.263. The number of nitrogens with one attached hydrogen (secondary N) is 1. The Hall–Kier alpha value is -3.10. The van der Waals surface area contributed by atoms with E-state index in [0.29, 0.717) is 23.7 Å². The summed E-state index contributed by atoms with van der Waals surface area (Å²) >= 11 is 0. The van der Waals surface area contributed by atoms with Crippen LogP contribution in [0.5, 0.6) is 5.75 Å². The number of alkyl halides is 3. The molecule has 0 saturated carbocycles. The Labute approximate surface area is 159 Å². The van der Waals surface area contributed by atoms with Crippen molar-refractivity contribution >= 4 is 28.1 Å². The minimum atomic E-state index is -4.73. The monoisotopic (exact) mass is 394 g/mol. The highest BCUT2D eigenvalue weighted by atomic mass is 19.4. The smallest absolute Gasteiger partial charge is 0.451 e. The molecule has 9 heteroatoms. The second kappa shape index (κ2) is 7.49. The minimum Gasteiger partial charge on any atom is -0.495 e. The lowest BCUT2D eigenvalue weighted by Crippen LogP contribution is -2.18. The predicted octanol–water partition coefficient (Wildman–Crippen LogP) is 5.00. The van der Waals surface area contributed by atoms with Crippen molar-refractivity contribution in [2.24, 2.45) is 0 Å². The average Bonchev–Trinajstić information content (AvgIpc) is 2.66. The van der Waals surface area contributed by atoms with Gasteiger partial charge in [-0.25, -0.2) is 14.4 Å². The molecule has 0 spiro atoms. The van der Waals surface area contributed by atoms with E-state index < -0.39 is 17.8 Å². The molecule has 2 aromatic carbocycles. The predicted molar refractivity (Wildman–Crippen MR) is 99.7 cm³/mol. The van der Waals surface area contributed by atoms with Crippen LogP contribution >= 0.6 is 0 Å². The summed E-state index contributed by atoms with van der Waals surface area (Å²) in [6.45, 7) is 2.54. The van der Waals surface area contributed by atoms with Gasteiger partial charge in [0, 0.05) is 24.7 Å². The lowest BCUT2D eigenvalue weighted by molar-refractivity contribution is -0.144. The minimum absolute atomic E-state index is 0.00555. The quantitative estimate of drug-likeness (QED) is 0.618. The Kier molecular flexibility index (Phi) is 5.26. The first-order chi connectivity index (χ1) is 13.2. The zero-order valence-corrected chi connectivity index (χ0v) is 15.4. The molecule has 0 unspecified atom stereocenters. The molecule has 1 heterocycles. The molecule has 28 heavy (non-hydrogen) atoms. The number of fused-ring (bicyclic) bond motifs is 1. The number of aromatic nitrogens is 2. The number of halogens is 4. The molecule has 1 N–H and O–H groups in total. The van der Waals surface area contributed by atoms with Gasteiger partial charge in [-0.05, 0) is 43.3 Å². The number of benzene rings is 2. The van der Waals surface area contributed by atoms with Crippen LogP contribution < -0.4 is 15.0 Å². The maximum atomic E-state index is 13.8. The first-order valence-electron chi connectivity index (χ1n) is 8.44. The van der Waals surface area contributed by atoms with Crippen LogP contribution in [0, 0.1) is 5.82 Å². The van der Waals surface area contributed by atoms with E-state index >= 15 is 0 Å². The highest BCUT2D eigenvalue weighted by Gasteiger charge is 2.36. The van der Waals surface area contributed by atoms with Gasteiger partial charge in [-0.1, -0.05) is 0 Å². The zero-order chi connectivity index (χ0) is 20.5.